The number of thiazole rings is 1. The highest BCUT2D eigenvalue weighted by atomic mass is 32.1. The topological polar surface area (TPSA) is 74.3 Å². The van der Waals surface area contributed by atoms with Gasteiger partial charge in [0.05, 0.1) is 12.2 Å². The Labute approximate surface area is 141 Å². The van der Waals surface area contributed by atoms with Crippen molar-refractivity contribution in [3.8, 4) is 0 Å². The van der Waals surface area contributed by atoms with E-state index in [1.54, 1.807) is 0 Å². The second kappa shape index (κ2) is 7.77. The smallest absolute Gasteiger partial charge is 0.321 e. The van der Waals surface area contributed by atoms with E-state index in [9.17, 15) is 9.59 Å². The van der Waals surface area contributed by atoms with Crippen LogP contribution in [0.25, 0.3) is 0 Å². The van der Waals surface area contributed by atoms with Crippen LogP contribution < -0.4 is 10.6 Å². The first-order valence-electron chi connectivity index (χ1n) is 8.29. The number of nitrogens with one attached hydrogen (secondary N) is 2. The van der Waals surface area contributed by atoms with Crippen molar-refractivity contribution >= 4 is 28.4 Å². The average Bonchev–Trinajstić information content (AvgIpc) is 2.88. The number of fused-ring (bicyclic) bond motifs is 1. The van der Waals surface area contributed by atoms with Gasteiger partial charge in [-0.15, -0.1) is 0 Å². The molecule has 0 saturated heterocycles. The fourth-order valence-corrected chi connectivity index (χ4v) is 3.75. The number of amides is 3. The lowest BCUT2D eigenvalue weighted by atomic mass is 10.0. The molecule has 3 amide bonds. The van der Waals surface area contributed by atoms with Gasteiger partial charge >= 0.3 is 6.03 Å². The van der Waals surface area contributed by atoms with Crippen LogP contribution in [0.2, 0.25) is 0 Å². The van der Waals surface area contributed by atoms with Crippen molar-refractivity contribution in [1.29, 1.82) is 0 Å². The van der Waals surface area contributed by atoms with E-state index in [-0.39, 0.29) is 23.9 Å². The van der Waals surface area contributed by atoms with Crippen LogP contribution in [0, 0.1) is 5.92 Å². The molecule has 2 N–H and O–H groups in total. The molecule has 1 aromatic rings. The molecule has 7 heteroatoms. The summed E-state index contributed by atoms with van der Waals surface area (Å²) < 4.78 is 0. The molecule has 128 valence electrons. The normalized spacial score (nSPS) is 14.1. The Morgan fingerprint density at radius 2 is 2.00 bits per heavy atom. The Hall–Kier alpha value is -1.63. The first kappa shape index (κ1) is 17.7. The quantitative estimate of drug-likeness (QED) is 0.867. The van der Waals surface area contributed by atoms with E-state index in [0.717, 1.165) is 29.8 Å². The fourth-order valence-electron chi connectivity index (χ4n) is 2.73. The predicted molar refractivity (Wildman–Crippen MR) is 92.6 cm³/mol. The van der Waals surface area contributed by atoms with Gasteiger partial charge in [0, 0.05) is 29.8 Å². The monoisotopic (exact) mass is 338 g/mol. The summed E-state index contributed by atoms with van der Waals surface area (Å²) >= 11 is 1.46. The highest BCUT2D eigenvalue weighted by molar-refractivity contribution is 7.15. The van der Waals surface area contributed by atoms with Crippen LogP contribution in [0.1, 0.15) is 51.1 Å². The lowest BCUT2D eigenvalue weighted by Crippen LogP contribution is -2.39. The molecule has 0 aliphatic carbocycles. The fraction of sp³-hybridized carbons (Fsp3) is 0.688. The lowest BCUT2D eigenvalue weighted by Gasteiger charge is -2.29. The van der Waals surface area contributed by atoms with Crippen molar-refractivity contribution in [3.63, 3.8) is 0 Å². The van der Waals surface area contributed by atoms with E-state index >= 15 is 0 Å². The molecule has 0 atom stereocenters. The number of urea groups is 1. The molecule has 6 nitrogen and oxygen atoms in total. The van der Waals surface area contributed by atoms with Crippen LogP contribution in [0.3, 0.4) is 0 Å². The molecule has 2 rings (SSSR count). The van der Waals surface area contributed by atoms with Crippen molar-refractivity contribution in [1.82, 2.24) is 15.2 Å². The molecule has 23 heavy (non-hydrogen) atoms. The van der Waals surface area contributed by atoms with E-state index in [4.69, 9.17) is 0 Å². The van der Waals surface area contributed by atoms with Gasteiger partial charge in [0.25, 0.3) is 0 Å². The van der Waals surface area contributed by atoms with Gasteiger partial charge in [-0.25, -0.2) is 9.78 Å². The van der Waals surface area contributed by atoms with Gasteiger partial charge in [-0.2, -0.15) is 0 Å². The zero-order valence-electron chi connectivity index (χ0n) is 14.3. The van der Waals surface area contributed by atoms with E-state index < -0.39 is 0 Å². The van der Waals surface area contributed by atoms with Gasteiger partial charge in [0.15, 0.2) is 5.13 Å². The minimum Gasteiger partial charge on any atom is -0.337 e. The summed E-state index contributed by atoms with van der Waals surface area (Å²) in [4.78, 5) is 31.8. The number of carbonyl (C=O) groups is 2. The van der Waals surface area contributed by atoms with Crippen LogP contribution in [-0.4, -0.2) is 34.4 Å². The highest BCUT2D eigenvalue weighted by Crippen LogP contribution is 2.29. The molecular weight excluding hydrogens is 312 g/mol. The Morgan fingerprint density at radius 3 is 2.61 bits per heavy atom. The lowest BCUT2D eigenvalue weighted by molar-refractivity contribution is -0.136. The zero-order chi connectivity index (χ0) is 17.0. The first-order chi connectivity index (χ1) is 10.9. The van der Waals surface area contributed by atoms with Crippen molar-refractivity contribution in [3.05, 3.63) is 10.6 Å². The molecule has 0 radical (unpaired) electrons. The Morgan fingerprint density at radius 1 is 1.30 bits per heavy atom. The minimum absolute atomic E-state index is 0.0812. The summed E-state index contributed by atoms with van der Waals surface area (Å²) in [5.41, 5.74) is 1.00. The number of hydrogen-bond donors (Lipinski definition) is 2. The molecule has 0 unspecified atom stereocenters. The van der Waals surface area contributed by atoms with Gasteiger partial charge < -0.3 is 10.2 Å². The summed E-state index contributed by atoms with van der Waals surface area (Å²) in [6, 6.07) is -0.159. The van der Waals surface area contributed by atoms with Crippen LogP contribution in [0.5, 0.6) is 0 Å². The van der Waals surface area contributed by atoms with Gasteiger partial charge in [0.1, 0.15) is 0 Å². The maximum atomic E-state index is 12.5. The third kappa shape index (κ3) is 4.43. The second-order valence-electron chi connectivity index (χ2n) is 6.17. The van der Waals surface area contributed by atoms with Crippen molar-refractivity contribution < 1.29 is 9.59 Å². The van der Waals surface area contributed by atoms with Crippen molar-refractivity contribution in [2.24, 2.45) is 5.92 Å². The number of anilines is 1. The largest absolute Gasteiger partial charge is 0.337 e. The maximum Gasteiger partial charge on any atom is 0.321 e. The number of hydrogen-bond acceptors (Lipinski definition) is 4. The number of nitrogens with zero attached hydrogens (tertiary/aromatic N) is 2. The van der Waals surface area contributed by atoms with E-state index in [1.165, 1.54) is 11.3 Å². The average molecular weight is 338 g/mol. The van der Waals surface area contributed by atoms with E-state index in [2.05, 4.69) is 29.5 Å². The Bertz CT molecular complexity index is 566. The molecule has 1 aliphatic rings. The summed E-state index contributed by atoms with van der Waals surface area (Å²) in [6.07, 6.45) is 2.51. The van der Waals surface area contributed by atoms with Gasteiger partial charge in [0.2, 0.25) is 5.91 Å². The molecule has 0 aromatic carbocycles. The maximum absolute atomic E-state index is 12.5. The van der Waals surface area contributed by atoms with Crippen molar-refractivity contribution in [2.45, 2.75) is 59.5 Å². The van der Waals surface area contributed by atoms with Crippen LogP contribution in [-0.2, 0) is 17.8 Å². The molecule has 0 saturated carbocycles. The van der Waals surface area contributed by atoms with Gasteiger partial charge in [-0.1, -0.05) is 25.2 Å². The minimum atomic E-state index is -0.240. The number of rotatable bonds is 5. The third-order valence-corrected chi connectivity index (χ3v) is 5.02. The SMILES string of the molecule is CCC(CC)C(=O)N1CCc2nc(NC(=O)NC(C)C)sc2C1. The van der Waals surface area contributed by atoms with Gasteiger partial charge in [-0.3, -0.25) is 10.1 Å². The predicted octanol–water partition coefficient (Wildman–Crippen LogP) is 2.99. The van der Waals surface area contributed by atoms with Crippen LogP contribution >= 0.6 is 11.3 Å². The first-order valence-corrected chi connectivity index (χ1v) is 9.11. The Kier molecular flexibility index (Phi) is 5.98. The summed E-state index contributed by atoms with van der Waals surface area (Å²) in [5.74, 6) is 0.347. The molecule has 1 aromatic heterocycles. The van der Waals surface area contributed by atoms with Crippen molar-refractivity contribution in [2.75, 3.05) is 11.9 Å². The Balaban J connectivity index is 2.02. The summed E-state index contributed by atoms with van der Waals surface area (Å²) in [7, 11) is 0. The summed E-state index contributed by atoms with van der Waals surface area (Å²) in [5, 5.41) is 6.16. The molecule has 0 spiro atoms. The third-order valence-electron chi connectivity index (χ3n) is 4.02. The second-order valence-corrected chi connectivity index (χ2v) is 7.25. The van der Waals surface area contributed by atoms with E-state index in [0.29, 0.717) is 18.2 Å². The van der Waals surface area contributed by atoms with Crippen LogP contribution in [0.15, 0.2) is 0 Å². The summed E-state index contributed by atoms with van der Waals surface area (Å²) in [6.45, 7) is 9.26. The molecule has 0 bridgehead atoms. The number of carbonyl (C=O) groups excluding carboxylic acids is 2. The highest BCUT2D eigenvalue weighted by Gasteiger charge is 2.27. The molecular formula is C16H26N4O2S. The molecule has 2 heterocycles. The van der Waals surface area contributed by atoms with E-state index in [1.807, 2.05) is 18.7 Å². The zero-order valence-corrected chi connectivity index (χ0v) is 15.1. The number of aromatic nitrogens is 1. The van der Waals surface area contributed by atoms with Gasteiger partial charge in [-0.05, 0) is 26.7 Å². The standard InChI is InChI=1S/C16H26N4O2S/c1-5-11(6-2)14(21)20-8-7-12-13(9-20)23-16(18-12)19-15(22)17-10(3)4/h10-11H,5-9H2,1-4H3,(H2,17,18,19,22). The van der Waals surface area contributed by atoms with Crippen LogP contribution in [0.4, 0.5) is 9.93 Å². The molecule has 1 aliphatic heterocycles. The molecule has 0 fully saturated rings.